The Hall–Kier alpha value is -3.85. The molecule has 0 bridgehead atoms. The summed E-state index contributed by atoms with van der Waals surface area (Å²) in [7, 11) is 0. The molecule has 3 aromatic rings. The van der Waals surface area contributed by atoms with Gasteiger partial charge in [0.25, 0.3) is 5.91 Å². The maximum atomic E-state index is 12.8. The van der Waals surface area contributed by atoms with Crippen LogP contribution in [0.1, 0.15) is 12.0 Å². The third-order valence-electron chi connectivity index (χ3n) is 5.52. The molecule has 4 rings (SSSR count). The number of halogens is 1. The molecular formula is C26H25BrN4O4. The summed E-state index contributed by atoms with van der Waals surface area (Å²) in [6.07, 6.45) is 0.128. The fourth-order valence-corrected chi connectivity index (χ4v) is 4.04. The summed E-state index contributed by atoms with van der Waals surface area (Å²) in [6, 6.07) is 21.9. The van der Waals surface area contributed by atoms with E-state index in [1.54, 1.807) is 35.2 Å². The van der Waals surface area contributed by atoms with Crippen LogP contribution in [0.4, 0.5) is 17.1 Å². The highest BCUT2D eigenvalue weighted by molar-refractivity contribution is 9.10. The lowest BCUT2D eigenvalue weighted by Gasteiger charge is -2.18. The van der Waals surface area contributed by atoms with Gasteiger partial charge < -0.3 is 15.0 Å². The van der Waals surface area contributed by atoms with Gasteiger partial charge in [0, 0.05) is 28.8 Å². The summed E-state index contributed by atoms with van der Waals surface area (Å²) < 4.78 is 6.44. The lowest BCUT2D eigenvalue weighted by atomic mass is 10.1. The molecule has 9 heteroatoms. The van der Waals surface area contributed by atoms with Crippen LogP contribution in [0.15, 0.2) is 77.3 Å². The molecule has 1 aliphatic rings. The minimum atomic E-state index is -0.496. The molecule has 1 heterocycles. The number of carbonyl (C=O) groups excluding carboxylic acids is 3. The van der Waals surface area contributed by atoms with Crippen LogP contribution in [0.2, 0.25) is 0 Å². The molecule has 1 aliphatic heterocycles. The van der Waals surface area contributed by atoms with E-state index in [0.717, 1.165) is 15.7 Å². The number of aryl methyl sites for hydroxylation is 1. The van der Waals surface area contributed by atoms with Gasteiger partial charge in [0.2, 0.25) is 11.8 Å². The first kappa shape index (κ1) is 24.3. The van der Waals surface area contributed by atoms with Gasteiger partial charge in [-0.3, -0.25) is 25.2 Å². The van der Waals surface area contributed by atoms with E-state index < -0.39 is 5.92 Å². The van der Waals surface area contributed by atoms with Gasteiger partial charge in [0.1, 0.15) is 5.75 Å². The van der Waals surface area contributed by atoms with Gasteiger partial charge in [-0.15, -0.1) is 0 Å². The molecule has 3 amide bonds. The van der Waals surface area contributed by atoms with Crippen LogP contribution in [-0.4, -0.2) is 30.9 Å². The highest BCUT2D eigenvalue weighted by Gasteiger charge is 2.35. The maximum Gasteiger partial charge on any atom is 0.262 e. The summed E-state index contributed by atoms with van der Waals surface area (Å²) in [4.78, 5) is 39.1. The van der Waals surface area contributed by atoms with Gasteiger partial charge in [-0.2, -0.15) is 0 Å². The summed E-state index contributed by atoms with van der Waals surface area (Å²) >= 11 is 3.40. The van der Waals surface area contributed by atoms with Crippen LogP contribution in [0.25, 0.3) is 0 Å². The molecule has 1 saturated heterocycles. The predicted molar refractivity (Wildman–Crippen MR) is 138 cm³/mol. The van der Waals surface area contributed by atoms with Crippen molar-refractivity contribution in [2.75, 3.05) is 28.8 Å². The van der Waals surface area contributed by atoms with Crippen molar-refractivity contribution in [3.8, 4) is 5.75 Å². The second-order valence-electron chi connectivity index (χ2n) is 8.20. The van der Waals surface area contributed by atoms with Crippen LogP contribution in [-0.2, 0) is 14.4 Å². The third-order valence-corrected chi connectivity index (χ3v) is 6.01. The quantitative estimate of drug-likeness (QED) is 0.373. The zero-order chi connectivity index (χ0) is 24.8. The van der Waals surface area contributed by atoms with E-state index in [1.165, 1.54) is 0 Å². The molecule has 1 atom stereocenters. The molecule has 35 heavy (non-hydrogen) atoms. The summed E-state index contributed by atoms with van der Waals surface area (Å²) in [5.74, 6) is -0.814. The van der Waals surface area contributed by atoms with Crippen LogP contribution >= 0.6 is 15.9 Å². The number of para-hydroxylation sites is 1. The first-order chi connectivity index (χ1) is 16.9. The van der Waals surface area contributed by atoms with E-state index >= 15 is 0 Å². The topological polar surface area (TPSA) is 99.8 Å². The molecule has 1 fully saturated rings. The SMILES string of the molecule is Cc1ccc(N2C[C@H](C(=O)NNc3cc(Br)ccc3OCC(=O)Nc3ccccc3)CC2=O)cc1. The average Bonchev–Trinajstić information content (AvgIpc) is 3.24. The number of hydrogen-bond donors (Lipinski definition) is 3. The van der Waals surface area contributed by atoms with Crippen molar-refractivity contribution in [2.24, 2.45) is 5.92 Å². The Bertz CT molecular complexity index is 1220. The van der Waals surface area contributed by atoms with Gasteiger partial charge in [0.05, 0.1) is 11.6 Å². The number of nitrogens with one attached hydrogen (secondary N) is 3. The molecule has 3 aromatic carbocycles. The summed E-state index contributed by atoms with van der Waals surface area (Å²) in [5.41, 5.74) is 8.56. The van der Waals surface area contributed by atoms with Crippen molar-refractivity contribution < 1.29 is 19.1 Å². The number of anilines is 3. The fourth-order valence-electron chi connectivity index (χ4n) is 3.68. The zero-order valence-corrected chi connectivity index (χ0v) is 20.7. The number of hydrazine groups is 1. The number of amides is 3. The first-order valence-corrected chi connectivity index (χ1v) is 11.9. The van der Waals surface area contributed by atoms with Gasteiger partial charge in [-0.05, 0) is 49.4 Å². The van der Waals surface area contributed by atoms with Crippen molar-refractivity contribution in [1.29, 1.82) is 0 Å². The lowest BCUT2D eigenvalue weighted by molar-refractivity contribution is -0.125. The molecule has 180 valence electrons. The van der Waals surface area contributed by atoms with E-state index in [9.17, 15) is 14.4 Å². The average molecular weight is 537 g/mol. The molecule has 0 aromatic heterocycles. The first-order valence-electron chi connectivity index (χ1n) is 11.1. The minimum absolute atomic E-state index is 0.0927. The largest absolute Gasteiger partial charge is 0.482 e. The van der Waals surface area contributed by atoms with Crippen molar-refractivity contribution in [2.45, 2.75) is 13.3 Å². The number of ether oxygens (including phenoxy) is 1. The number of rotatable bonds is 8. The van der Waals surface area contributed by atoms with Crippen molar-refractivity contribution in [1.82, 2.24) is 5.43 Å². The minimum Gasteiger partial charge on any atom is -0.482 e. The predicted octanol–water partition coefficient (Wildman–Crippen LogP) is 4.27. The van der Waals surface area contributed by atoms with Crippen molar-refractivity contribution in [3.63, 3.8) is 0 Å². The normalized spacial score (nSPS) is 15.0. The van der Waals surface area contributed by atoms with Crippen LogP contribution in [0.5, 0.6) is 5.75 Å². The van der Waals surface area contributed by atoms with Crippen molar-refractivity contribution in [3.05, 3.63) is 82.8 Å². The molecule has 0 spiro atoms. The second-order valence-corrected chi connectivity index (χ2v) is 9.11. The number of benzene rings is 3. The summed E-state index contributed by atoms with van der Waals surface area (Å²) in [6.45, 7) is 2.08. The lowest BCUT2D eigenvalue weighted by Crippen LogP contribution is -2.36. The fraction of sp³-hybridized carbons (Fsp3) is 0.192. The molecule has 0 saturated carbocycles. The Morgan fingerprint density at radius 2 is 1.80 bits per heavy atom. The van der Waals surface area contributed by atoms with Crippen molar-refractivity contribution >= 4 is 50.7 Å². The molecule has 8 nitrogen and oxygen atoms in total. The molecule has 0 aliphatic carbocycles. The zero-order valence-electron chi connectivity index (χ0n) is 19.1. The number of carbonyl (C=O) groups is 3. The smallest absolute Gasteiger partial charge is 0.262 e. The van der Waals surface area contributed by atoms with E-state index in [4.69, 9.17) is 4.74 Å². The monoisotopic (exact) mass is 536 g/mol. The van der Waals surface area contributed by atoms with Crippen LogP contribution in [0, 0.1) is 12.8 Å². The summed E-state index contributed by atoms with van der Waals surface area (Å²) in [5, 5.41) is 2.76. The highest BCUT2D eigenvalue weighted by atomic mass is 79.9. The molecule has 3 N–H and O–H groups in total. The molecule has 0 unspecified atom stereocenters. The Morgan fingerprint density at radius 1 is 1.06 bits per heavy atom. The standard InChI is InChI=1S/C26H25BrN4O4/c1-17-7-10-21(11-8-17)31-15-18(13-25(31)33)26(34)30-29-22-14-19(27)9-12-23(22)35-16-24(32)28-20-5-3-2-4-6-20/h2-12,14,18,29H,13,15-16H2,1H3,(H,28,32)(H,30,34)/t18-/m1/s1. The van der Waals surface area contributed by atoms with E-state index in [-0.39, 0.29) is 30.7 Å². The van der Waals surface area contributed by atoms with Crippen LogP contribution in [0.3, 0.4) is 0 Å². The van der Waals surface area contributed by atoms with Gasteiger partial charge in [-0.25, -0.2) is 0 Å². The maximum absolute atomic E-state index is 12.8. The Kier molecular flexibility index (Phi) is 7.67. The second kappa shape index (κ2) is 11.1. The van der Waals surface area contributed by atoms with E-state index in [0.29, 0.717) is 23.7 Å². The van der Waals surface area contributed by atoms with Gasteiger partial charge >= 0.3 is 0 Å². The molecular weight excluding hydrogens is 512 g/mol. The van der Waals surface area contributed by atoms with Gasteiger partial charge in [-0.1, -0.05) is 51.8 Å². The number of nitrogens with zero attached hydrogens (tertiary/aromatic N) is 1. The third kappa shape index (κ3) is 6.39. The van der Waals surface area contributed by atoms with Crippen LogP contribution < -0.4 is 25.8 Å². The molecule has 0 radical (unpaired) electrons. The Balaban J connectivity index is 1.34. The van der Waals surface area contributed by atoms with Gasteiger partial charge in [0.15, 0.2) is 6.61 Å². The van der Waals surface area contributed by atoms with E-state index in [2.05, 4.69) is 32.1 Å². The van der Waals surface area contributed by atoms with E-state index in [1.807, 2.05) is 49.4 Å². The highest BCUT2D eigenvalue weighted by Crippen LogP contribution is 2.29. The Morgan fingerprint density at radius 3 is 2.54 bits per heavy atom. The Labute approximate surface area is 211 Å². The number of hydrogen-bond acceptors (Lipinski definition) is 5.